The predicted molar refractivity (Wildman–Crippen MR) is 98.3 cm³/mol. The largest absolute Gasteiger partial charge is 0.393 e. The average Bonchev–Trinajstić information content (AvgIpc) is 3.19. The van der Waals surface area contributed by atoms with E-state index < -0.39 is 0 Å². The summed E-state index contributed by atoms with van der Waals surface area (Å²) in [6.07, 6.45) is 2.91. The Balaban J connectivity index is 1.97. The molecule has 24 heavy (non-hydrogen) atoms. The zero-order chi connectivity index (χ0) is 17.5. The van der Waals surface area contributed by atoms with Gasteiger partial charge in [-0.2, -0.15) is 0 Å². The zero-order valence-electron chi connectivity index (χ0n) is 15.2. The molecule has 0 amide bonds. The number of hydrogen-bond donors (Lipinski definition) is 2. The Kier molecular flexibility index (Phi) is 7.45. The number of hydrogen-bond acceptors (Lipinski definition) is 5. The minimum atomic E-state index is -0.196. The molecular formula is C17H30N4O2S. The lowest BCUT2D eigenvalue weighted by Crippen LogP contribution is -2.39. The van der Waals surface area contributed by atoms with Crippen LogP contribution in [-0.4, -0.2) is 54.3 Å². The van der Waals surface area contributed by atoms with E-state index in [0.717, 1.165) is 42.5 Å². The van der Waals surface area contributed by atoms with Gasteiger partial charge in [-0.1, -0.05) is 6.42 Å². The summed E-state index contributed by atoms with van der Waals surface area (Å²) in [5, 5.41) is 16.4. The molecule has 3 unspecified atom stereocenters. The molecule has 6 nitrogen and oxygen atoms in total. The van der Waals surface area contributed by atoms with Gasteiger partial charge in [0, 0.05) is 38.5 Å². The van der Waals surface area contributed by atoms with Gasteiger partial charge in [0.25, 0.3) is 0 Å². The normalized spacial score (nSPS) is 22.6. The monoisotopic (exact) mass is 354 g/mol. The SMILES string of the molecule is CCNC(=NCC1CCCC1O)N(C)Cc1csc(C(C)OC)n1. The van der Waals surface area contributed by atoms with Crippen LogP contribution in [0.2, 0.25) is 0 Å². The molecule has 0 spiro atoms. The highest BCUT2D eigenvalue weighted by Crippen LogP contribution is 2.25. The number of aromatic nitrogens is 1. The van der Waals surface area contributed by atoms with Crippen molar-refractivity contribution in [2.24, 2.45) is 10.9 Å². The van der Waals surface area contributed by atoms with E-state index in [1.165, 1.54) is 0 Å². The van der Waals surface area contributed by atoms with E-state index in [0.29, 0.717) is 19.0 Å². The number of aliphatic imine (C=N–C) groups is 1. The summed E-state index contributed by atoms with van der Waals surface area (Å²) in [5.74, 6) is 1.16. The lowest BCUT2D eigenvalue weighted by Gasteiger charge is -2.22. The van der Waals surface area contributed by atoms with Crippen LogP contribution < -0.4 is 5.32 Å². The van der Waals surface area contributed by atoms with Gasteiger partial charge in [-0.15, -0.1) is 11.3 Å². The number of nitrogens with one attached hydrogen (secondary N) is 1. The molecule has 2 rings (SSSR count). The van der Waals surface area contributed by atoms with E-state index in [2.05, 4.69) is 27.5 Å². The Morgan fingerprint density at radius 3 is 3.00 bits per heavy atom. The number of rotatable bonds is 7. The lowest BCUT2D eigenvalue weighted by atomic mass is 10.1. The molecule has 1 aliphatic carbocycles. The fourth-order valence-corrected chi connectivity index (χ4v) is 3.75. The van der Waals surface area contributed by atoms with Gasteiger partial charge in [0.2, 0.25) is 0 Å². The molecule has 7 heteroatoms. The zero-order valence-corrected chi connectivity index (χ0v) is 16.0. The van der Waals surface area contributed by atoms with Crippen molar-refractivity contribution < 1.29 is 9.84 Å². The smallest absolute Gasteiger partial charge is 0.194 e. The quantitative estimate of drug-likeness (QED) is 0.581. The first-order valence-corrected chi connectivity index (χ1v) is 9.57. The topological polar surface area (TPSA) is 70.0 Å². The van der Waals surface area contributed by atoms with E-state index in [-0.39, 0.29) is 12.2 Å². The van der Waals surface area contributed by atoms with Crippen LogP contribution >= 0.6 is 11.3 Å². The maximum Gasteiger partial charge on any atom is 0.194 e. The van der Waals surface area contributed by atoms with Gasteiger partial charge in [0.1, 0.15) is 11.1 Å². The van der Waals surface area contributed by atoms with Crippen molar-refractivity contribution in [3.8, 4) is 0 Å². The van der Waals surface area contributed by atoms with Gasteiger partial charge in [-0.3, -0.25) is 4.99 Å². The number of aliphatic hydroxyl groups is 1. The van der Waals surface area contributed by atoms with Gasteiger partial charge in [-0.05, 0) is 26.7 Å². The van der Waals surface area contributed by atoms with E-state index >= 15 is 0 Å². The molecule has 3 atom stereocenters. The molecule has 0 saturated heterocycles. The first-order chi connectivity index (χ1) is 11.5. The minimum absolute atomic E-state index is 0.0276. The molecule has 1 heterocycles. The summed E-state index contributed by atoms with van der Waals surface area (Å²) in [6, 6.07) is 0. The third kappa shape index (κ3) is 5.16. The van der Waals surface area contributed by atoms with Crippen LogP contribution in [0.3, 0.4) is 0 Å². The van der Waals surface area contributed by atoms with Crippen LogP contribution in [0.5, 0.6) is 0 Å². The summed E-state index contributed by atoms with van der Waals surface area (Å²) >= 11 is 1.63. The van der Waals surface area contributed by atoms with E-state index in [9.17, 15) is 5.11 Å². The molecule has 1 aromatic heterocycles. The van der Waals surface area contributed by atoms with E-state index in [4.69, 9.17) is 9.73 Å². The van der Waals surface area contributed by atoms with Crippen LogP contribution in [0.25, 0.3) is 0 Å². The van der Waals surface area contributed by atoms with Crippen molar-refractivity contribution in [1.29, 1.82) is 0 Å². The molecule has 1 aliphatic rings. The van der Waals surface area contributed by atoms with Crippen molar-refractivity contribution >= 4 is 17.3 Å². The molecule has 0 aliphatic heterocycles. The molecule has 0 aromatic carbocycles. The Hall–Kier alpha value is -1.18. The fraction of sp³-hybridized carbons (Fsp3) is 0.765. The molecule has 0 bridgehead atoms. The van der Waals surface area contributed by atoms with Gasteiger partial charge in [0.15, 0.2) is 5.96 Å². The maximum absolute atomic E-state index is 9.96. The number of nitrogens with zero attached hydrogens (tertiary/aromatic N) is 3. The summed E-state index contributed by atoms with van der Waals surface area (Å²) in [6.45, 7) is 6.27. The van der Waals surface area contributed by atoms with Crippen molar-refractivity contribution in [3.63, 3.8) is 0 Å². The van der Waals surface area contributed by atoms with E-state index in [1.807, 2.05) is 14.0 Å². The maximum atomic E-state index is 9.96. The van der Waals surface area contributed by atoms with Crippen LogP contribution in [0.15, 0.2) is 10.4 Å². The van der Waals surface area contributed by atoms with Crippen LogP contribution in [0.1, 0.15) is 49.9 Å². The lowest BCUT2D eigenvalue weighted by molar-refractivity contribution is 0.119. The van der Waals surface area contributed by atoms with Gasteiger partial charge < -0.3 is 20.1 Å². The van der Waals surface area contributed by atoms with Gasteiger partial charge in [-0.25, -0.2) is 4.98 Å². The Morgan fingerprint density at radius 2 is 2.38 bits per heavy atom. The molecule has 0 radical (unpaired) electrons. The minimum Gasteiger partial charge on any atom is -0.393 e. The first kappa shape index (κ1) is 19.1. The molecule has 136 valence electrons. The van der Waals surface area contributed by atoms with Crippen molar-refractivity contribution in [3.05, 3.63) is 16.1 Å². The van der Waals surface area contributed by atoms with Crippen LogP contribution in [0, 0.1) is 5.92 Å². The number of aliphatic hydroxyl groups excluding tert-OH is 1. The third-order valence-electron chi connectivity index (χ3n) is 4.46. The average molecular weight is 355 g/mol. The number of ether oxygens (including phenoxy) is 1. The second-order valence-corrected chi connectivity index (χ2v) is 7.25. The Morgan fingerprint density at radius 1 is 1.58 bits per heavy atom. The van der Waals surface area contributed by atoms with E-state index in [1.54, 1.807) is 18.4 Å². The molecular weight excluding hydrogens is 324 g/mol. The van der Waals surface area contributed by atoms with Crippen LogP contribution in [-0.2, 0) is 11.3 Å². The summed E-state index contributed by atoms with van der Waals surface area (Å²) in [5.41, 5.74) is 1.02. The van der Waals surface area contributed by atoms with Gasteiger partial charge in [0.05, 0.1) is 18.3 Å². The number of thiazole rings is 1. The molecule has 1 aromatic rings. The van der Waals surface area contributed by atoms with Crippen molar-refractivity contribution in [2.75, 3.05) is 27.2 Å². The molecule has 1 fully saturated rings. The third-order valence-corrected chi connectivity index (χ3v) is 5.52. The number of guanidine groups is 1. The molecule has 1 saturated carbocycles. The number of methoxy groups -OCH3 is 1. The van der Waals surface area contributed by atoms with Crippen molar-refractivity contribution in [1.82, 2.24) is 15.2 Å². The van der Waals surface area contributed by atoms with Gasteiger partial charge >= 0.3 is 0 Å². The highest BCUT2D eigenvalue weighted by atomic mass is 32.1. The predicted octanol–water partition coefficient (Wildman–Crippen LogP) is 2.41. The second-order valence-electron chi connectivity index (χ2n) is 6.36. The fourth-order valence-electron chi connectivity index (χ4n) is 2.90. The standard InChI is InChI=1S/C17H30N4O2S/c1-5-18-17(19-9-13-7-6-8-15(13)22)21(3)10-14-11-24-16(20-14)12(2)23-4/h11-13,15,22H,5-10H2,1-4H3,(H,18,19). The highest BCUT2D eigenvalue weighted by molar-refractivity contribution is 7.09. The molecule has 2 N–H and O–H groups in total. The summed E-state index contributed by atoms with van der Waals surface area (Å²) in [7, 11) is 3.72. The van der Waals surface area contributed by atoms with Crippen molar-refractivity contribution in [2.45, 2.75) is 51.9 Å². The highest BCUT2D eigenvalue weighted by Gasteiger charge is 2.25. The first-order valence-electron chi connectivity index (χ1n) is 8.69. The summed E-state index contributed by atoms with van der Waals surface area (Å²) in [4.78, 5) is 11.4. The van der Waals surface area contributed by atoms with Crippen LogP contribution in [0.4, 0.5) is 0 Å². The summed E-state index contributed by atoms with van der Waals surface area (Å²) < 4.78 is 5.32. The Labute approximate surface area is 149 Å². The Bertz CT molecular complexity index is 534. The second kappa shape index (κ2) is 9.34.